The highest BCUT2D eigenvalue weighted by Crippen LogP contribution is 2.23. The number of aromatic amines is 1. The van der Waals surface area contributed by atoms with Gasteiger partial charge in [-0.1, -0.05) is 26.0 Å². The quantitative estimate of drug-likeness (QED) is 0.714. The minimum atomic E-state index is -4.67. The van der Waals surface area contributed by atoms with Crippen molar-refractivity contribution in [3.8, 4) is 5.75 Å². The fourth-order valence-corrected chi connectivity index (χ4v) is 2.36. The summed E-state index contributed by atoms with van der Waals surface area (Å²) < 4.78 is 45.6. The highest BCUT2D eigenvalue weighted by atomic mass is 19.4. The van der Waals surface area contributed by atoms with Crippen molar-refractivity contribution in [3.63, 3.8) is 0 Å². The number of aryl methyl sites for hydroxylation is 1. The molecule has 0 aliphatic rings. The monoisotopic (exact) mass is 342 g/mol. The third-order valence-corrected chi connectivity index (χ3v) is 3.44. The van der Waals surface area contributed by atoms with E-state index in [1.54, 1.807) is 18.5 Å². The van der Waals surface area contributed by atoms with Crippen molar-refractivity contribution in [2.24, 2.45) is 0 Å². The van der Waals surface area contributed by atoms with Gasteiger partial charge in [0.1, 0.15) is 5.75 Å². The summed E-state index contributed by atoms with van der Waals surface area (Å²) in [5.74, 6) is 0.149. The van der Waals surface area contributed by atoms with E-state index in [1.165, 1.54) is 12.1 Å². The van der Waals surface area contributed by atoms with E-state index in [0.29, 0.717) is 19.1 Å². The predicted molar refractivity (Wildman–Crippen MR) is 83.8 cm³/mol. The van der Waals surface area contributed by atoms with E-state index in [1.807, 2.05) is 0 Å². The number of hydrogen-bond acceptors (Lipinski definition) is 3. The van der Waals surface area contributed by atoms with E-state index in [9.17, 15) is 13.2 Å². The Hall–Kier alpha value is -2.02. The minimum Gasteiger partial charge on any atom is -0.406 e. The number of halogens is 3. The largest absolute Gasteiger partial charge is 0.573 e. The molecule has 4 nitrogen and oxygen atoms in total. The van der Waals surface area contributed by atoms with Gasteiger partial charge in [-0.25, -0.2) is 4.98 Å². The molecular weight excluding hydrogens is 321 g/mol. The average Bonchev–Trinajstić information content (AvgIpc) is 2.96. The van der Waals surface area contributed by atoms with Gasteiger partial charge in [-0.2, -0.15) is 0 Å². The number of benzene rings is 1. The SMILES string of the molecule is CC(C)c1nc[nH]c1CCCOCc1ccc(OC(F)(F)F)cc1. The lowest BCUT2D eigenvalue weighted by Crippen LogP contribution is -2.17. The molecule has 0 spiro atoms. The lowest BCUT2D eigenvalue weighted by Gasteiger charge is -2.09. The number of nitrogens with one attached hydrogen (secondary N) is 1. The second-order valence-electron chi connectivity index (χ2n) is 5.77. The Morgan fingerprint density at radius 1 is 1.17 bits per heavy atom. The molecule has 2 aromatic rings. The third kappa shape index (κ3) is 5.88. The molecule has 24 heavy (non-hydrogen) atoms. The van der Waals surface area contributed by atoms with Crippen molar-refractivity contribution in [3.05, 3.63) is 47.5 Å². The summed E-state index contributed by atoms with van der Waals surface area (Å²) in [6.07, 6.45) is -1.27. The Bertz CT molecular complexity index is 622. The molecule has 0 atom stereocenters. The second kappa shape index (κ2) is 8.19. The smallest absolute Gasteiger partial charge is 0.406 e. The Morgan fingerprint density at radius 3 is 2.50 bits per heavy atom. The number of H-pyrrole nitrogens is 1. The Kier molecular flexibility index (Phi) is 6.25. The van der Waals surface area contributed by atoms with Crippen LogP contribution in [0.5, 0.6) is 5.75 Å². The maximum Gasteiger partial charge on any atom is 0.573 e. The van der Waals surface area contributed by atoms with E-state index in [2.05, 4.69) is 28.6 Å². The molecule has 0 saturated heterocycles. The van der Waals surface area contributed by atoms with Crippen molar-refractivity contribution >= 4 is 0 Å². The topological polar surface area (TPSA) is 47.1 Å². The van der Waals surface area contributed by atoms with Crippen LogP contribution >= 0.6 is 0 Å². The lowest BCUT2D eigenvalue weighted by atomic mass is 10.1. The zero-order chi connectivity index (χ0) is 17.6. The maximum atomic E-state index is 12.1. The lowest BCUT2D eigenvalue weighted by molar-refractivity contribution is -0.274. The first-order chi connectivity index (χ1) is 11.3. The van der Waals surface area contributed by atoms with Gasteiger partial charge in [-0.15, -0.1) is 13.2 Å². The molecule has 0 fully saturated rings. The molecule has 0 aliphatic heterocycles. The summed E-state index contributed by atoms with van der Waals surface area (Å²) in [5, 5.41) is 0. The van der Waals surface area contributed by atoms with Gasteiger partial charge in [0.2, 0.25) is 0 Å². The standard InChI is InChI=1S/C17H21F3N2O2/c1-12(2)16-15(21-11-22-16)4-3-9-23-10-13-5-7-14(8-6-13)24-17(18,19)20/h5-8,11-12H,3-4,9-10H2,1-2H3,(H,21,22). The van der Waals surface area contributed by atoms with Crippen molar-refractivity contribution in [2.45, 2.75) is 45.6 Å². The summed E-state index contributed by atoms with van der Waals surface area (Å²) >= 11 is 0. The van der Waals surface area contributed by atoms with Crippen molar-refractivity contribution < 1.29 is 22.6 Å². The number of nitrogens with zero attached hydrogens (tertiary/aromatic N) is 1. The van der Waals surface area contributed by atoms with Crippen LogP contribution in [-0.4, -0.2) is 22.9 Å². The molecule has 0 unspecified atom stereocenters. The van der Waals surface area contributed by atoms with Crippen LogP contribution in [0.1, 0.15) is 43.1 Å². The highest BCUT2D eigenvalue weighted by molar-refractivity contribution is 5.27. The molecule has 1 aromatic carbocycles. The fourth-order valence-electron chi connectivity index (χ4n) is 2.36. The molecular formula is C17H21F3N2O2. The first-order valence-electron chi connectivity index (χ1n) is 7.79. The number of aromatic nitrogens is 2. The molecule has 0 amide bonds. The normalized spacial score (nSPS) is 11.9. The summed E-state index contributed by atoms with van der Waals surface area (Å²) in [7, 11) is 0. The van der Waals surface area contributed by atoms with E-state index in [-0.39, 0.29) is 5.75 Å². The van der Waals surface area contributed by atoms with Crippen LogP contribution < -0.4 is 4.74 Å². The minimum absolute atomic E-state index is 0.230. The van der Waals surface area contributed by atoms with Crippen molar-refractivity contribution in [1.29, 1.82) is 0 Å². The van der Waals surface area contributed by atoms with Gasteiger partial charge in [-0.3, -0.25) is 0 Å². The van der Waals surface area contributed by atoms with E-state index in [4.69, 9.17) is 4.74 Å². The van der Waals surface area contributed by atoms with Crippen molar-refractivity contribution in [1.82, 2.24) is 9.97 Å². The summed E-state index contributed by atoms with van der Waals surface area (Å²) in [6.45, 7) is 5.12. The van der Waals surface area contributed by atoms with Crippen LogP contribution in [0.3, 0.4) is 0 Å². The van der Waals surface area contributed by atoms with E-state index < -0.39 is 6.36 Å². The van der Waals surface area contributed by atoms with Crippen LogP contribution in [0.25, 0.3) is 0 Å². The summed E-state index contributed by atoms with van der Waals surface area (Å²) in [5.41, 5.74) is 3.01. The third-order valence-electron chi connectivity index (χ3n) is 3.44. The number of rotatable bonds is 8. The average molecular weight is 342 g/mol. The Morgan fingerprint density at radius 2 is 1.88 bits per heavy atom. The molecule has 132 valence electrons. The summed E-state index contributed by atoms with van der Waals surface area (Å²) in [4.78, 5) is 7.46. The first-order valence-corrected chi connectivity index (χ1v) is 7.79. The van der Waals surface area contributed by atoms with Crippen molar-refractivity contribution in [2.75, 3.05) is 6.61 Å². The van der Waals surface area contributed by atoms with Gasteiger partial charge in [0.15, 0.2) is 0 Å². The van der Waals surface area contributed by atoms with Crippen LogP contribution in [0.4, 0.5) is 13.2 Å². The molecule has 0 aliphatic carbocycles. The highest BCUT2D eigenvalue weighted by Gasteiger charge is 2.30. The second-order valence-corrected chi connectivity index (χ2v) is 5.77. The van der Waals surface area contributed by atoms with Crippen LogP contribution in [0.2, 0.25) is 0 Å². The Labute approximate surface area is 139 Å². The summed E-state index contributed by atoms with van der Waals surface area (Å²) in [6, 6.07) is 5.69. The zero-order valence-corrected chi connectivity index (χ0v) is 13.7. The molecule has 1 heterocycles. The van der Waals surface area contributed by atoms with Crippen LogP contribution in [0, 0.1) is 0 Å². The molecule has 1 N–H and O–H groups in total. The van der Waals surface area contributed by atoms with E-state index in [0.717, 1.165) is 29.8 Å². The van der Waals surface area contributed by atoms with Gasteiger partial charge in [0, 0.05) is 12.3 Å². The van der Waals surface area contributed by atoms with Gasteiger partial charge >= 0.3 is 6.36 Å². The van der Waals surface area contributed by atoms with Gasteiger partial charge in [0.05, 0.1) is 18.6 Å². The molecule has 2 rings (SSSR count). The van der Waals surface area contributed by atoms with Gasteiger partial charge in [0.25, 0.3) is 0 Å². The number of hydrogen-bond donors (Lipinski definition) is 1. The molecule has 0 bridgehead atoms. The number of ether oxygens (including phenoxy) is 2. The first kappa shape index (κ1) is 18.3. The fraction of sp³-hybridized carbons (Fsp3) is 0.471. The van der Waals surface area contributed by atoms with Crippen LogP contribution in [0.15, 0.2) is 30.6 Å². The van der Waals surface area contributed by atoms with Gasteiger partial charge in [-0.05, 0) is 36.5 Å². The molecule has 7 heteroatoms. The molecule has 0 radical (unpaired) electrons. The molecule has 0 saturated carbocycles. The number of alkyl halides is 3. The Balaban J connectivity index is 1.70. The molecule has 1 aromatic heterocycles. The van der Waals surface area contributed by atoms with Gasteiger partial charge < -0.3 is 14.5 Å². The van der Waals surface area contributed by atoms with E-state index >= 15 is 0 Å². The predicted octanol–water partition coefficient (Wildman–Crippen LogP) is 4.58. The zero-order valence-electron chi connectivity index (χ0n) is 13.7. The van der Waals surface area contributed by atoms with Crippen LogP contribution in [-0.2, 0) is 17.8 Å². The number of imidazole rings is 1. The maximum absolute atomic E-state index is 12.1.